The molecule has 0 aliphatic carbocycles. The number of ether oxygens (including phenoxy) is 3. The molecule has 1 N–H and O–H groups in total. The second-order valence-corrected chi connectivity index (χ2v) is 6.07. The molecule has 1 amide bonds. The third kappa shape index (κ3) is 5.84. The Morgan fingerprint density at radius 2 is 1.64 bits per heavy atom. The van der Waals surface area contributed by atoms with Crippen LogP contribution in [0.15, 0.2) is 48.5 Å². The van der Waals surface area contributed by atoms with E-state index >= 15 is 0 Å². The number of esters is 1. The van der Waals surface area contributed by atoms with Crippen molar-refractivity contribution in [2.45, 2.75) is 19.4 Å². The summed E-state index contributed by atoms with van der Waals surface area (Å²) in [7, 11) is 2.94. The van der Waals surface area contributed by atoms with Crippen molar-refractivity contribution >= 4 is 17.7 Å². The van der Waals surface area contributed by atoms with Crippen molar-refractivity contribution in [3.8, 4) is 11.5 Å². The number of hydrogen-bond donors (Lipinski definition) is 1. The Labute approximate surface area is 163 Å². The lowest BCUT2D eigenvalue weighted by atomic mass is 10.0. The quantitative estimate of drug-likeness (QED) is 0.666. The highest BCUT2D eigenvalue weighted by molar-refractivity contribution is 5.93. The van der Waals surface area contributed by atoms with E-state index in [-0.39, 0.29) is 11.3 Å². The SMILES string of the molecule is COc1ccc(C(=O)OCC(=O)N[C@H](Cc2ccccc2)C(C)=O)cc1OC. The Kier molecular flexibility index (Phi) is 7.56. The Balaban J connectivity index is 1.93. The summed E-state index contributed by atoms with van der Waals surface area (Å²) in [5, 5.41) is 2.60. The van der Waals surface area contributed by atoms with Crippen molar-refractivity contribution in [1.82, 2.24) is 5.32 Å². The molecule has 2 aromatic rings. The molecule has 7 nitrogen and oxygen atoms in total. The van der Waals surface area contributed by atoms with Crippen molar-refractivity contribution in [1.29, 1.82) is 0 Å². The van der Waals surface area contributed by atoms with Gasteiger partial charge in [0.15, 0.2) is 23.9 Å². The number of carbonyl (C=O) groups excluding carboxylic acids is 3. The van der Waals surface area contributed by atoms with E-state index in [1.807, 2.05) is 30.3 Å². The Hall–Kier alpha value is -3.35. The molecule has 7 heteroatoms. The lowest BCUT2D eigenvalue weighted by Gasteiger charge is -2.16. The monoisotopic (exact) mass is 385 g/mol. The first kappa shape index (κ1) is 21.0. The van der Waals surface area contributed by atoms with Gasteiger partial charge in [-0.25, -0.2) is 4.79 Å². The molecule has 0 radical (unpaired) electrons. The fourth-order valence-electron chi connectivity index (χ4n) is 2.56. The van der Waals surface area contributed by atoms with E-state index in [1.165, 1.54) is 33.3 Å². The fourth-order valence-corrected chi connectivity index (χ4v) is 2.56. The molecule has 0 spiro atoms. The van der Waals surface area contributed by atoms with E-state index in [0.717, 1.165) is 5.56 Å². The molecule has 0 aliphatic heterocycles. The standard InChI is InChI=1S/C21H23NO6/c1-14(23)17(11-15-7-5-4-6-8-15)22-20(24)13-28-21(25)16-9-10-18(26-2)19(12-16)27-3/h4-10,12,17H,11,13H2,1-3H3,(H,22,24)/t17-/m1/s1. The Morgan fingerprint density at radius 3 is 2.25 bits per heavy atom. The third-order valence-electron chi connectivity index (χ3n) is 4.06. The molecule has 28 heavy (non-hydrogen) atoms. The van der Waals surface area contributed by atoms with Gasteiger partial charge in [-0.15, -0.1) is 0 Å². The van der Waals surface area contributed by atoms with Gasteiger partial charge in [0.1, 0.15) is 0 Å². The van der Waals surface area contributed by atoms with Crippen molar-refractivity contribution < 1.29 is 28.6 Å². The Morgan fingerprint density at radius 1 is 0.964 bits per heavy atom. The molecular weight excluding hydrogens is 362 g/mol. The van der Waals surface area contributed by atoms with Gasteiger partial charge in [-0.3, -0.25) is 9.59 Å². The Bertz CT molecular complexity index is 834. The van der Waals surface area contributed by atoms with Gasteiger partial charge in [0.25, 0.3) is 5.91 Å². The summed E-state index contributed by atoms with van der Waals surface area (Å²) in [6.45, 7) is 0.912. The summed E-state index contributed by atoms with van der Waals surface area (Å²) >= 11 is 0. The predicted octanol–water partition coefficient (Wildman–Crippen LogP) is 2.18. The molecule has 1 atom stereocenters. The number of nitrogens with one attached hydrogen (secondary N) is 1. The van der Waals surface area contributed by atoms with Crippen LogP contribution >= 0.6 is 0 Å². The average Bonchev–Trinajstić information content (AvgIpc) is 2.71. The van der Waals surface area contributed by atoms with Crippen LogP contribution in [-0.2, 0) is 20.7 Å². The number of amides is 1. The minimum Gasteiger partial charge on any atom is -0.493 e. The molecule has 0 aromatic heterocycles. The maximum absolute atomic E-state index is 12.2. The van der Waals surface area contributed by atoms with Crippen LogP contribution in [0.4, 0.5) is 0 Å². The van der Waals surface area contributed by atoms with Crippen LogP contribution in [0.3, 0.4) is 0 Å². The molecule has 0 fully saturated rings. The zero-order valence-electron chi connectivity index (χ0n) is 16.1. The number of methoxy groups -OCH3 is 2. The van der Waals surface area contributed by atoms with E-state index in [2.05, 4.69) is 5.32 Å². The van der Waals surface area contributed by atoms with Crippen molar-refractivity contribution in [2.24, 2.45) is 0 Å². The normalized spacial score (nSPS) is 11.2. The van der Waals surface area contributed by atoms with Gasteiger partial charge in [-0.1, -0.05) is 30.3 Å². The number of ketones is 1. The third-order valence-corrected chi connectivity index (χ3v) is 4.06. The van der Waals surface area contributed by atoms with Crippen molar-refractivity contribution in [3.05, 3.63) is 59.7 Å². The molecule has 0 saturated carbocycles. The molecule has 0 unspecified atom stereocenters. The fraction of sp³-hybridized carbons (Fsp3) is 0.286. The second-order valence-electron chi connectivity index (χ2n) is 6.07. The van der Waals surface area contributed by atoms with Gasteiger partial charge >= 0.3 is 5.97 Å². The first-order valence-corrected chi connectivity index (χ1v) is 8.67. The molecular formula is C21H23NO6. The van der Waals surface area contributed by atoms with E-state index in [9.17, 15) is 14.4 Å². The van der Waals surface area contributed by atoms with Crippen LogP contribution in [-0.4, -0.2) is 44.5 Å². The van der Waals surface area contributed by atoms with Crippen molar-refractivity contribution in [2.75, 3.05) is 20.8 Å². The molecule has 0 saturated heterocycles. The number of carbonyl (C=O) groups is 3. The second kappa shape index (κ2) is 10.1. The van der Waals surface area contributed by atoms with Gasteiger partial charge < -0.3 is 19.5 Å². The maximum Gasteiger partial charge on any atom is 0.338 e. The smallest absolute Gasteiger partial charge is 0.338 e. The number of benzene rings is 2. The van der Waals surface area contributed by atoms with Crippen LogP contribution in [0.25, 0.3) is 0 Å². The summed E-state index contributed by atoms with van der Waals surface area (Å²) in [6.07, 6.45) is 0.367. The highest BCUT2D eigenvalue weighted by Crippen LogP contribution is 2.27. The van der Waals surface area contributed by atoms with E-state index in [4.69, 9.17) is 14.2 Å². The summed E-state index contributed by atoms with van der Waals surface area (Å²) in [4.78, 5) is 36.1. The number of rotatable bonds is 9. The molecule has 0 bridgehead atoms. The van der Waals surface area contributed by atoms with E-state index < -0.39 is 24.5 Å². The van der Waals surface area contributed by atoms with Crippen LogP contribution < -0.4 is 14.8 Å². The molecule has 148 valence electrons. The number of hydrogen-bond acceptors (Lipinski definition) is 6. The maximum atomic E-state index is 12.2. The molecule has 2 rings (SSSR count). The minimum atomic E-state index is -0.685. The highest BCUT2D eigenvalue weighted by Gasteiger charge is 2.19. The van der Waals surface area contributed by atoms with E-state index in [0.29, 0.717) is 17.9 Å². The topological polar surface area (TPSA) is 90.9 Å². The average molecular weight is 385 g/mol. The molecule has 0 heterocycles. The van der Waals surface area contributed by atoms with Gasteiger partial charge in [0.2, 0.25) is 0 Å². The van der Waals surface area contributed by atoms with Crippen LogP contribution in [0.1, 0.15) is 22.8 Å². The first-order valence-electron chi connectivity index (χ1n) is 8.67. The molecule has 0 aliphatic rings. The van der Waals surface area contributed by atoms with Gasteiger partial charge in [0.05, 0.1) is 25.8 Å². The summed E-state index contributed by atoms with van der Waals surface area (Å²) in [5.74, 6) is -0.560. The van der Waals surface area contributed by atoms with Gasteiger partial charge in [-0.2, -0.15) is 0 Å². The first-order chi connectivity index (χ1) is 13.4. The number of Topliss-reactive ketones (excluding diaryl/α,β-unsaturated/α-hetero) is 1. The predicted molar refractivity (Wildman–Crippen MR) is 103 cm³/mol. The lowest BCUT2D eigenvalue weighted by molar-refractivity contribution is -0.128. The highest BCUT2D eigenvalue weighted by atomic mass is 16.5. The zero-order valence-corrected chi connectivity index (χ0v) is 16.1. The zero-order chi connectivity index (χ0) is 20.5. The van der Waals surface area contributed by atoms with Crippen LogP contribution in [0.5, 0.6) is 11.5 Å². The largest absolute Gasteiger partial charge is 0.493 e. The van der Waals surface area contributed by atoms with Gasteiger partial charge in [0, 0.05) is 0 Å². The van der Waals surface area contributed by atoms with Crippen LogP contribution in [0, 0.1) is 0 Å². The minimum absolute atomic E-state index is 0.177. The van der Waals surface area contributed by atoms with Crippen LogP contribution in [0.2, 0.25) is 0 Å². The van der Waals surface area contributed by atoms with E-state index in [1.54, 1.807) is 6.07 Å². The summed E-state index contributed by atoms with van der Waals surface area (Å²) < 4.78 is 15.3. The summed E-state index contributed by atoms with van der Waals surface area (Å²) in [6, 6.07) is 13.2. The molecule has 2 aromatic carbocycles. The van der Waals surface area contributed by atoms with Crippen molar-refractivity contribution in [3.63, 3.8) is 0 Å². The summed E-state index contributed by atoms with van der Waals surface area (Å²) in [5.41, 5.74) is 1.14. The van der Waals surface area contributed by atoms with Gasteiger partial charge in [-0.05, 0) is 37.1 Å². The lowest BCUT2D eigenvalue weighted by Crippen LogP contribution is -2.43.